The summed E-state index contributed by atoms with van der Waals surface area (Å²) in [5, 5.41) is 0. The van der Waals surface area contributed by atoms with Gasteiger partial charge in [-0.1, -0.05) is 6.07 Å². The molecule has 1 heterocycles. The number of rotatable bonds is 7. The number of methoxy groups -OCH3 is 2. The maximum Gasteiger partial charge on any atom is 0.330 e. The van der Waals surface area contributed by atoms with Gasteiger partial charge < -0.3 is 18.8 Å². The van der Waals surface area contributed by atoms with Crippen LogP contribution in [0.1, 0.15) is 16.1 Å². The topological polar surface area (TPSA) is 66.8 Å². The normalized spacial score (nSPS) is 10.6. The number of nitrogens with zero attached hydrogens (tertiary/aromatic N) is 1. The van der Waals surface area contributed by atoms with Crippen molar-refractivity contribution < 1.29 is 23.8 Å². The van der Waals surface area contributed by atoms with Crippen molar-refractivity contribution in [1.29, 1.82) is 0 Å². The van der Waals surface area contributed by atoms with E-state index in [1.165, 1.54) is 20.3 Å². The van der Waals surface area contributed by atoms with Crippen molar-refractivity contribution in [3.63, 3.8) is 0 Å². The Hall–Kier alpha value is -3.02. The lowest BCUT2D eigenvalue weighted by Gasteiger charge is -2.11. The maximum atomic E-state index is 12.1. The van der Waals surface area contributed by atoms with Crippen molar-refractivity contribution in [3.8, 4) is 11.5 Å². The van der Waals surface area contributed by atoms with Gasteiger partial charge in [-0.3, -0.25) is 4.79 Å². The highest BCUT2D eigenvalue weighted by Crippen LogP contribution is 2.28. The minimum atomic E-state index is -0.442. The molecule has 6 nitrogen and oxygen atoms in total. The van der Waals surface area contributed by atoms with Gasteiger partial charge >= 0.3 is 5.97 Å². The molecular weight excluding hydrogens is 310 g/mol. The summed E-state index contributed by atoms with van der Waals surface area (Å²) >= 11 is 0. The summed E-state index contributed by atoms with van der Waals surface area (Å²) in [7, 11) is 4.62. The van der Waals surface area contributed by atoms with E-state index in [0.29, 0.717) is 17.2 Å². The summed E-state index contributed by atoms with van der Waals surface area (Å²) in [6.07, 6.45) is 4.72. The lowest BCUT2D eigenvalue weighted by atomic mass is 10.2. The first kappa shape index (κ1) is 17.3. The van der Waals surface area contributed by atoms with Crippen molar-refractivity contribution in [2.45, 2.75) is 0 Å². The fourth-order valence-corrected chi connectivity index (χ4v) is 2.11. The SMILES string of the molecule is COC(=O)/C=C/c1ccc(OCC(=O)c2cccn2C)c(OC)c1. The smallest absolute Gasteiger partial charge is 0.330 e. The van der Waals surface area contributed by atoms with Crippen molar-refractivity contribution in [1.82, 2.24) is 4.57 Å². The number of carbonyl (C=O) groups is 2. The maximum absolute atomic E-state index is 12.1. The first-order valence-corrected chi connectivity index (χ1v) is 7.26. The lowest BCUT2D eigenvalue weighted by molar-refractivity contribution is -0.134. The number of aryl methyl sites for hydroxylation is 1. The number of ketones is 1. The molecule has 0 unspecified atom stereocenters. The molecule has 0 amide bonds. The molecule has 0 saturated heterocycles. The lowest BCUT2D eigenvalue weighted by Crippen LogP contribution is -2.15. The molecule has 0 aliphatic carbocycles. The molecule has 0 radical (unpaired) electrons. The molecular formula is C18H19NO5. The quantitative estimate of drug-likeness (QED) is 0.443. The third-order valence-corrected chi connectivity index (χ3v) is 3.39. The molecule has 0 bridgehead atoms. The summed E-state index contributed by atoms with van der Waals surface area (Å²) in [5.41, 5.74) is 1.32. The van der Waals surface area contributed by atoms with Crippen LogP contribution in [0.4, 0.5) is 0 Å². The van der Waals surface area contributed by atoms with E-state index in [1.54, 1.807) is 54.2 Å². The van der Waals surface area contributed by atoms with Gasteiger partial charge in [-0.05, 0) is 35.9 Å². The van der Waals surface area contributed by atoms with Crippen LogP contribution in [0.25, 0.3) is 6.08 Å². The highest BCUT2D eigenvalue weighted by atomic mass is 16.5. The Kier molecular flexibility index (Phi) is 5.78. The number of benzene rings is 1. The van der Waals surface area contributed by atoms with Crippen LogP contribution in [0.3, 0.4) is 0 Å². The molecule has 1 aromatic heterocycles. The summed E-state index contributed by atoms with van der Waals surface area (Å²) < 4.78 is 17.1. The largest absolute Gasteiger partial charge is 0.493 e. The van der Waals surface area contributed by atoms with Crippen LogP contribution in [-0.4, -0.2) is 37.1 Å². The summed E-state index contributed by atoms with van der Waals surface area (Å²) in [6.45, 7) is -0.0917. The molecule has 0 N–H and O–H groups in total. The van der Waals surface area contributed by atoms with Crippen LogP contribution in [-0.2, 0) is 16.6 Å². The second-order valence-corrected chi connectivity index (χ2v) is 4.98. The molecule has 2 rings (SSSR count). The van der Waals surface area contributed by atoms with E-state index in [2.05, 4.69) is 4.74 Å². The first-order chi connectivity index (χ1) is 11.5. The Bertz CT molecular complexity index is 761. The molecule has 1 aromatic carbocycles. The molecule has 0 spiro atoms. The fourth-order valence-electron chi connectivity index (χ4n) is 2.11. The van der Waals surface area contributed by atoms with Gasteiger partial charge in [0, 0.05) is 19.3 Å². The third kappa shape index (κ3) is 4.25. The van der Waals surface area contributed by atoms with Crippen molar-refractivity contribution >= 4 is 17.8 Å². The number of Topliss-reactive ketones (excluding diaryl/α,β-unsaturated/α-hetero) is 1. The van der Waals surface area contributed by atoms with E-state index in [0.717, 1.165) is 5.56 Å². The van der Waals surface area contributed by atoms with Crippen LogP contribution in [0.5, 0.6) is 11.5 Å². The van der Waals surface area contributed by atoms with E-state index in [-0.39, 0.29) is 12.4 Å². The molecule has 24 heavy (non-hydrogen) atoms. The van der Waals surface area contributed by atoms with E-state index in [4.69, 9.17) is 9.47 Å². The second-order valence-electron chi connectivity index (χ2n) is 4.98. The number of hydrogen-bond donors (Lipinski definition) is 0. The molecule has 0 atom stereocenters. The number of ether oxygens (including phenoxy) is 3. The van der Waals surface area contributed by atoms with Gasteiger partial charge in [0.25, 0.3) is 0 Å². The second kappa shape index (κ2) is 8.01. The predicted molar refractivity (Wildman–Crippen MR) is 89.3 cm³/mol. The summed E-state index contributed by atoms with van der Waals surface area (Å²) in [4.78, 5) is 23.2. The van der Waals surface area contributed by atoms with E-state index >= 15 is 0 Å². The number of esters is 1. The minimum absolute atomic E-state index is 0.0917. The van der Waals surface area contributed by atoms with Crippen LogP contribution >= 0.6 is 0 Å². The zero-order chi connectivity index (χ0) is 17.5. The van der Waals surface area contributed by atoms with Gasteiger partial charge in [0.15, 0.2) is 18.1 Å². The van der Waals surface area contributed by atoms with Gasteiger partial charge in [0.2, 0.25) is 5.78 Å². The molecule has 0 saturated carbocycles. The molecule has 126 valence electrons. The average molecular weight is 329 g/mol. The average Bonchev–Trinajstić information content (AvgIpc) is 3.03. The van der Waals surface area contributed by atoms with Gasteiger partial charge in [0.05, 0.1) is 19.9 Å². The third-order valence-electron chi connectivity index (χ3n) is 3.39. The van der Waals surface area contributed by atoms with Gasteiger partial charge in [0.1, 0.15) is 0 Å². The predicted octanol–water partition coefficient (Wildman–Crippen LogP) is 2.48. The molecule has 0 aliphatic heterocycles. The van der Waals surface area contributed by atoms with Crippen molar-refractivity contribution in [2.75, 3.05) is 20.8 Å². The molecule has 2 aromatic rings. The van der Waals surface area contributed by atoms with Crippen molar-refractivity contribution in [2.24, 2.45) is 7.05 Å². The van der Waals surface area contributed by atoms with E-state index in [1.807, 2.05) is 0 Å². The number of aromatic nitrogens is 1. The van der Waals surface area contributed by atoms with E-state index < -0.39 is 5.97 Å². The molecule has 6 heteroatoms. The zero-order valence-corrected chi connectivity index (χ0v) is 13.8. The summed E-state index contributed by atoms with van der Waals surface area (Å²) in [6, 6.07) is 8.69. The Labute approximate surface area is 140 Å². The standard InChI is InChI=1S/C18H19NO5/c1-19-10-4-5-14(19)15(20)12-24-16-8-6-13(11-17(16)22-2)7-9-18(21)23-3/h4-11H,12H2,1-3H3/b9-7+. The van der Waals surface area contributed by atoms with Gasteiger partial charge in [-0.2, -0.15) is 0 Å². The number of carbonyl (C=O) groups excluding carboxylic acids is 2. The van der Waals surface area contributed by atoms with Crippen LogP contribution in [0.2, 0.25) is 0 Å². The minimum Gasteiger partial charge on any atom is -0.493 e. The molecule has 0 aliphatic rings. The first-order valence-electron chi connectivity index (χ1n) is 7.26. The Balaban J connectivity index is 2.08. The van der Waals surface area contributed by atoms with Crippen molar-refractivity contribution in [3.05, 3.63) is 53.9 Å². The number of hydrogen-bond acceptors (Lipinski definition) is 5. The van der Waals surface area contributed by atoms with E-state index in [9.17, 15) is 9.59 Å². The Morgan fingerprint density at radius 1 is 1.17 bits per heavy atom. The van der Waals surface area contributed by atoms with Crippen LogP contribution < -0.4 is 9.47 Å². The van der Waals surface area contributed by atoms with Crippen LogP contribution in [0.15, 0.2) is 42.6 Å². The Morgan fingerprint density at radius 2 is 1.96 bits per heavy atom. The fraction of sp³-hybridized carbons (Fsp3) is 0.222. The Morgan fingerprint density at radius 3 is 2.58 bits per heavy atom. The zero-order valence-electron chi connectivity index (χ0n) is 13.8. The molecule has 0 fully saturated rings. The highest BCUT2D eigenvalue weighted by Gasteiger charge is 2.12. The monoisotopic (exact) mass is 329 g/mol. The van der Waals surface area contributed by atoms with Gasteiger partial charge in [-0.25, -0.2) is 4.79 Å². The van der Waals surface area contributed by atoms with Crippen LogP contribution in [0, 0.1) is 0 Å². The van der Waals surface area contributed by atoms with Gasteiger partial charge in [-0.15, -0.1) is 0 Å². The highest BCUT2D eigenvalue weighted by molar-refractivity contribution is 5.95. The summed E-state index contributed by atoms with van der Waals surface area (Å²) in [5.74, 6) is 0.360.